The number of nitrogens with one attached hydrogen (secondary N) is 2. The molecular weight excluding hydrogens is 973 g/mol. The Bertz CT molecular complexity index is 3500. The number of ether oxygens (including phenoxy) is 1. The molecule has 6 heterocycles. The number of benzene rings is 3. The molecule has 9 rings (SSSR count). The summed E-state index contributed by atoms with van der Waals surface area (Å²) in [6.07, 6.45) is 0.813. The standard InChI is InChI=1S/C51H48F4N10O7S/c1-27(2)41-43-38(15-18-57-41)72-39-22-30(21-36(54)40(39)42-37(55)24-34-45(63-20-19-56-25-29(63)4)60-48(67)64(43)46(34)59-42)44(66)28(3)26-71-49(68)58-17-10-16-51(31-11-8-7-9-12-31)65(50(69)62(5)70-6)61-47(73-51)33-23-32(52)13-14-35(33)53/h7-9,11-15,18,21-24,27,29,56H,3,10,16-17,19-20,25-26H2,1-2,4-6H3,(H,58,68)/t29-,51-/m0/s1. The van der Waals surface area contributed by atoms with Crippen LogP contribution in [0.4, 0.5) is 33.0 Å². The van der Waals surface area contributed by atoms with Crippen molar-refractivity contribution in [1.29, 1.82) is 0 Å². The number of amides is 3. The van der Waals surface area contributed by atoms with Crippen LogP contribution in [0.15, 0.2) is 105 Å². The second-order valence-corrected chi connectivity index (χ2v) is 19.0. The molecule has 0 unspecified atom stereocenters. The number of pyridine rings is 2. The van der Waals surface area contributed by atoms with Gasteiger partial charge < -0.3 is 24.7 Å². The molecule has 3 amide bonds. The number of fused-ring (bicyclic) bond motifs is 5. The fourth-order valence-electron chi connectivity index (χ4n) is 8.93. The summed E-state index contributed by atoms with van der Waals surface area (Å²) in [4.78, 5) is 74.4. The van der Waals surface area contributed by atoms with Crippen LogP contribution in [-0.4, -0.2) is 105 Å². The number of thioether (sulfide) groups is 1. The van der Waals surface area contributed by atoms with Crippen LogP contribution >= 0.6 is 11.8 Å². The molecular formula is C51H48F4N10O7S. The van der Waals surface area contributed by atoms with Gasteiger partial charge in [0.1, 0.15) is 56.4 Å². The fraction of sp³-hybridized carbons (Fsp3) is 0.294. The van der Waals surface area contributed by atoms with Crippen molar-refractivity contribution in [3.8, 4) is 0 Å². The summed E-state index contributed by atoms with van der Waals surface area (Å²) in [5.74, 6) is -4.39. The highest BCUT2D eigenvalue weighted by Crippen LogP contribution is 2.51. The van der Waals surface area contributed by atoms with Crippen molar-refractivity contribution in [3.05, 3.63) is 147 Å². The van der Waals surface area contributed by atoms with Crippen molar-refractivity contribution in [1.82, 2.24) is 40.1 Å². The van der Waals surface area contributed by atoms with E-state index in [2.05, 4.69) is 37.3 Å². The number of hydrazone groups is 1. The summed E-state index contributed by atoms with van der Waals surface area (Å²) in [6.45, 7) is 10.4. The van der Waals surface area contributed by atoms with Crippen LogP contribution in [0.3, 0.4) is 0 Å². The smallest absolute Gasteiger partial charge is 0.407 e. The average molecular weight is 1020 g/mol. The minimum absolute atomic E-state index is 0.00564. The van der Waals surface area contributed by atoms with Crippen LogP contribution < -0.4 is 21.2 Å². The van der Waals surface area contributed by atoms with Gasteiger partial charge in [0.15, 0.2) is 22.8 Å². The third kappa shape index (κ3) is 9.48. The molecule has 73 heavy (non-hydrogen) atoms. The number of carbonyl (C=O) groups is 3. The summed E-state index contributed by atoms with van der Waals surface area (Å²) < 4.78 is 75.7. The highest BCUT2D eigenvalue weighted by Gasteiger charge is 2.50. The number of nitrogens with zero attached hydrogens (tertiary/aromatic N) is 8. The topological polar surface area (TPSA) is 189 Å². The lowest BCUT2D eigenvalue weighted by atomic mass is 10.0. The summed E-state index contributed by atoms with van der Waals surface area (Å²) in [7, 11) is 2.66. The molecule has 2 aliphatic rings. The molecule has 3 aromatic carbocycles. The van der Waals surface area contributed by atoms with Gasteiger partial charge in [-0.05, 0) is 67.6 Å². The van der Waals surface area contributed by atoms with E-state index in [4.69, 9.17) is 14.0 Å². The molecule has 0 radical (unpaired) electrons. The summed E-state index contributed by atoms with van der Waals surface area (Å²) >= 11 is 1.03. The molecule has 0 spiro atoms. The van der Waals surface area contributed by atoms with Crippen molar-refractivity contribution in [2.45, 2.75) is 50.4 Å². The number of carbonyl (C=O) groups excluding carboxylic acids is 3. The number of ketones is 1. The van der Waals surface area contributed by atoms with Gasteiger partial charge in [0.2, 0.25) is 0 Å². The number of alkyl carbamates (subject to hydrolysis) is 1. The number of piperazine rings is 1. The summed E-state index contributed by atoms with van der Waals surface area (Å²) in [5.41, 5.74) is -1.08. The van der Waals surface area contributed by atoms with E-state index < -0.39 is 69.2 Å². The van der Waals surface area contributed by atoms with E-state index in [9.17, 15) is 23.6 Å². The van der Waals surface area contributed by atoms with Gasteiger partial charge in [0.05, 0.1) is 23.6 Å². The number of urea groups is 1. The molecule has 2 N–H and O–H groups in total. The maximum Gasteiger partial charge on any atom is 0.407 e. The SMILES string of the molecule is C=C(COC(=O)NCCC[C@@]1(c2ccccc2)SC(c2cc(F)ccc2F)=NN1C(=O)N(C)OC)C(=O)c1cc(F)c2c(c1)oc1ccnc(C(C)C)c1n1c(=O)nc(N3CCNC[C@@H]3C)c3cc(F)c2nc31. The lowest BCUT2D eigenvalue weighted by Gasteiger charge is -2.37. The maximum atomic E-state index is 16.7. The van der Waals surface area contributed by atoms with Gasteiger partial charge in [-0.15, -0.1) is 0 Å². The minimum Gasteiger partial charge on any atom is -0.454 e. The number of aromatic nitrogens is 4. The predicted octanol–water partition coefficient (Wildman–Crippen LogP) is 8.70. The third-order valence-electron chi connectivity index (χ3n) is 12.6. The maximum absolute atomic E-state index is 16.7. The molecule has 1 saturated heterocycles. The van der Waals surface area contributed by atoms with E-state index in [1.807, 2.05) is 25.7 Å². The number of Topliss-reactive ketones (excluding diaryl/α,β-unsaturated/α-hetero) is 1. The van der Waals surface area contributed by atoms with Crippen molar-refractivity contribution in [2.24, 2.45) is 5.10 Å². The number of hydrogen-bond acceptors (Lipinski definition) is 14. The van der Waals surface area contributed by atoms with Crippen molar-refractivity contribution < 1.29 is 45.9 Å². The van der Waals surface area contributed by atoms with Gasteiger partial charge in [-0.1, -0.05) is 62.5 Å². The molecule has 2 atom stereocenters. The molecule has 378 valence electrons. The first-order chi connectivity index (χ1) is 35.0. The van der Waals surface area contributed by atoms with Crippen LogP contribution in [0.1, 0.15) is 66.7 Å². The lowest BCUT2D eigenvalue weighted by Crippen LogP contribution is -2.50. The molecule has 1 fully saturated rings. The largest absolute Gasteiger partial charge is 0.454 e. The number of hydroxylamine groups is 2. The molecule has 2 aliphatic heterocycles. The zero-order valence-electron chi connectivity index (χ0n) is 40.2. The minimum atomic E-state index is -1.33. The number of halogens is 4. The molecule has 0 aliphatic carbocycles. The molecule has 17 nitrogen and oxygen atoms in total. The Hall–Kier alpha value is -7.69. The van der Waals surface area contributed by atoms with E-state index in [0.717, 1.165) is 46.1 Å². The van der Waals surface area contributed by atoms with E-state index in [1.54, 1.807) is 30.3 Å². The van der Waals surface area contributed by atoms with Gasteiger partial charge in [-0.3, -0.25) is 14.6 Å². The van der Waals surface area contributed by atoms with E-state index >= 15 is 13.2 Å². The number of hydrogen-bond donors (Lipinski definition) is 2. The molecule has 2 bridgehead atoms. The van der Waals surface area contributed by atoms with Gasteiger partial charge in [-0.2, -0.15) is 15.1 Å². The summed E-state index contributed by atoms with van der Waals surface area (Å²) in [5, 5.41) is 12.3. The first kappa shape index (κ1) is 50.3. The van der Waals surface area contributed by atoms with Crippen LogP contribution in [0.5, 0.6) is 0 Å². The second kappa shape index (κ2) is 20.4. The highest BCUT2D eigenvalue weighted by atomic mass is 32.2. The summed E-state index contributed by atoms with van der Waals surface area (Å²) in [6, 6.07) is 15.6. The Morgan fingerprint density at radius 2 is 1.79 bits per heavy atom. The van der Waals surface area contributed by atoms with E-state index in [-0.39, 0.29) is 86.6 Å². The van der Waals surface area contributed by atoms with Gasteiger partial charge in [0.25, 0.3) is 0 Å². The normalized spacial score (nSPS) is 16.9. The van der Waals surface area contributed by atoms with Crippen molar-refractivity contribution in [2.75, 3.05) is 51.8 Å². The third-order valence-corrected chi connectivity index (χ3v) is 14.0. The lowest BCUT2D eigenvalue weighted by molar-refractivity contribution is -0.0805. The van der Waals surface area contributed by atoms with Crippen molar-refractivity contribution in [3.63, 3.8) is 0 Å². The zero-order chi connectivity index (χ0) is 51.9. The first-order valence-corrected chi connectivity index (χ1v) is 24.0. The highest BCUT2D eigenvalue weighted by molar-refractivity contribution is 8.15. The van der Waals surface area contributed by atoms with Crippen molar-refractivity contribution >= 4 is 79.2 Å². The van der Waals surface area contributed by atoms with Gasteiger partial charge >= 0.3 is 17.8 Å². The van der Waals surface area contributed by atoms with Crippen LogP contribution in [0, 0.1) is 23.3 Å². The second-order valence-electron chi connectivity index (χ2n) is 17.7. The zero-order valence-corrected chi connectivity index (χ0v) is 41.0. The molecule has 22 heteroatoms. The Kier molecular flexibility index (Phi) is 14.1. The number of anilines is 1. The van der Waals surface area contributed by atoms with Crippen LogP contribution in [-0.2, 0) is 14.4 Å². The average Bonchev–Trinajstić information content (AvgIpc) is 3.79. The Morgan fingerprint density at radius 1 is 1.01 bits per heavy atom. The van der Waals surface area contributed by atoms with E-state index in [1.165, 1.54) is 43.0 Å². The Balaban J connectivity index is 0.973. The molecule has 0 saturated carbocycles. The van der Waals surface area contributed by atoms with E-state index in [0.29, 0.717) is 30.9 Å². The fourth-order valence-corrected chi connectivity index (χ4v) is 10.3. The predicted molar refractivity (Wildman–Crippen MR) is 267 cm³/mol. The van der Waals surface area contributed by atoms with Gasteiger partial charge in [0, 0.05) is 68.2 Å². The quantitative estimate of drug-likeness (QED) is 0.0367. The van der Waals surface area contributed by atoms with Crippen LogP contribution in [0.2, 0.25) is 0 Å². The van der Waals surface area contributed by atoms with Crippen LogP contribution in [0.25, 0.3) is 38.6 Å². The Morgan fingerprint density at radius 3 is 2.53 bits per heavy atom. The monoisotopic (exact) mass is 1020 g/mol. The molecule has 4 aromatic heterocycles. The Labute approximate surface area is 418 Å². The van der Waals surface area contributed by atoms with Gasteiger partial charge in [-0.25, -0.2) is 46.4 Å². The number of rotatable bonds is 13. The molecule has 7 aromatic rings. The first-order valence-electron chi connectivity index (χ1n) is 23.2.